The minimum absolute atomic E-state index is 0. The van der Waals surface area contributed by atoms with Gasteiger partial charge >= 0.3 is 0 Å². The molecular formula is C9H17BFNO. The highest BCUT2D eigenvalue weighted by Gasteiger charge is 2.31. The number of nitrogens with zero attached hydrogens (tertiary/aromatic N) is 1. The fourth-order valence-electron chi connectivity index (χ4n) is 2.22. The van der Waals surface area contributed by atoms with E-state index < -0.39 is 6.61 Å². The number of piperidine rings is 3. The van der Waals surface area contributed by atoms with Crippen molar-refractivity contribution in [2.45, 2.75) is 12.8 Å². The van der Waals surface area contributed by atoms with Crippen molar-refractivity contribution in [1.82, 2.24) is 4.90 Å². The maximum Gasteiger partial charge on any atom is 0.126 e. The van der Waals surface area contributed by atoms with Gasteiger partial charge in [-0.15, -0.1) is 0 Å². The van der Waals surface area contributed by atoms with Gasteiger partial charge in [0.2, 0.25) is 0 Å². The molecule has 74 valence electrons. The zero-order chi connectivity index (χ0) is 8.55. The van der Waals surface area contributed by atoms with Crippen molar-refractivity contribution in [2.24, 2.45) is 5.92 Å². The van der Waals surface area contributed by atoms with Crippen molar-refractivity contribution in [3.8, 4) is 0 Å². The van der Waals surface area contributed by atoms with Crippen LogP contribution in [0.25, 0.3) is 0 Å². The second-order valence-corrected chi connectivity index (χ2v) is 3.64. The normalized spacial score (nSPS) is 35.5. The Morgan fingerprint density at radius 1 is 1.46 bits per heavy atom. The summed E-state index contributed by atoms with van der Waals surface area (Å²) in [6, 6.07) is 0. The molecule has 0 aromatic heterocycles. The molecular weight excluding hydrogens is 168 g/mol. The first-order valence-corrected chi connectivity index (χ1v) is 4.52. The highest BCUT2D eigenvalue weighted by molar-refractivity contribution is 5.75. The molecule has 3 saturated heterocycles. The van der Waals surface area contributed by atoms with Crippen LogP contribution < -0.4 is 0 Å². The first-order valence-electron chi connectivity index (χ1n) is 4.52. The molecule has 3 rings (SSSR count). The van der Waals surface area contributed by atoms with Gasteiger partial charge in [0, 0.05) is 6.54 Å². The summed E-state index contributed by atoms with van der Waals surface area (Å²) in [6.45, 7) is 2.54. The van der Waals surface area contributed by atoms with E-state index in [-0.39, 0.29) is 14.2 Å². The molecule has 0 aromatic rings. The van der Waals surface area contributed by atoms with Crippen LogP contribution in [0.1, 0.15) is 12.8 Å². The molecule has 2 nitrogen and oxygen atoms in total. The third-order valence-electron chi connectivity index (χ3n) is 2.96. The molecule has 1 N–H and O–H groups in total. The Hall–Kier alpha value is -0.345. The van der Waals surface area contributed by atoms with Crippen LogP contribution in [-0.4, -0.2) is 44.7 Å². The van der Waals surface area contributed by atoms with E-state index in [2.05, 4.69) is 4.90 Å². The summed E-state index contributed by atoms with van der Waals surface area (Å²) in [6.07, 6.45) is 2.14. The minimum atomic E-state index is -0.417. The molecule has 3 fully saturated rings. The molecule has 0 spiro atoms. The Labute approximate surface area is 80.0 Å². The first kappa shape index (κ1) is 10.7. The first-order chi connectivity index (χ1) is 5.81. The van der Waals surface area contributed by atoms with E-state index in [1.54, 1.807) is 0 Å². The highest BCUT2D eigenvalue weighted by atomic mass is 19.1. The van der Waals surface area contributed by atoms with Gasteiger partial charge in [0.05, 0.1) is 15.0 Å². The average Bonchev–Trinajstić information content (AvgIpc) is 2.18. The van der Waals surface area contributed by atoms with Crippen molar-refractivity contribution in [3.63, 3.8) is 0 Å². The lowest BCUT2D eigenvalue weighted by Crippen LogP contribution is -2.43. The van der Waals surface area contributed by atoms with Gasteiger partial charge in [-0.3, -0.25) is 4.90 Å². The number of rotatable bonds is 1. The summed E-state index contributed by atoms with van der Waals surface area (Å²) in [5.74, 6) is 0.131. The van der Waals surface area contributed by atoms with Crippen molar-refractivity contribution in [1.29, 1.82) is 0 Å². The van der Waals surface area contributed by atoms with Crippen LogP contribution in [0, 0.1) is 5.92 Å². The van der Waals surface area contributed by atoms with Crippen molar-refractivity contribution in [3.05, 3.63) is 11.4 Å². The van der Waals surface area contributed by atoms with Crippen LogP contribution in [0.5, 0.6) is 0 Å². The number of fused-ring (bicyclic) bond motifs is 3. The second kappa shape index (κ2) is 4.25. The van der Waals surface area contributed by atoms with Gasteiger partial charge < -0.3 is 5.11 Å². The van der Waals surface area contributed by atoms with E-state index in [1.807, 2.05) is 0 Å². The van der Waals surface area contributed by atoms with Gasteiger partial charge in [0.25, 0.3) is 0 Å². The smallest absolute Gasteiger partial charge is 0.126 e. The summed E-state index contributed by atoms with van der Waals surface area (Å²) >= 11 is 0. The average molecular weight is 185 g/mol. The predicted molar refractivity (Wildman–Crippen MR) is 54.3 cm³/mol. The molecule has 0 unspecified atom stereocenters. The van der Waals surface area contributed by atoms with Crippen LogP contribution in [0.4, 0.5) is 4.39 Å². The summed E-state index contributed by atoms with van der Waals surface area (Å²) in [5, 5.41) is 8.66. The standard InChI is InChI=1S/C9H14FNO.BH3/c10-9(6-12)8-5-11-3-1-7(8)2-4-11;/h7,12H,1-6H2;1H3. The molecule has 3 aliphatic heterocycles. The van der Waals surface area contributed by atoms with Gasteiger partial charge in [-0.2, -0.15) is 0 Å². The van der Waals surface area contributed by atoms with Gasteiger partial charge in [-0.1, -0.05) is 0 Å². The topological polar surface area (TPSA) is 23.5 Å². The van der Waals surface area contributed by atoms with E-state index in [0.29, 0.717) is 5.92 Å². The summed E-state index contributed by atoms with van der Waals surface area (Å²) in [4.78, 5) is 2.25. The maximum atomic E-state index is 13.1. The van der Waals surface area contributed by atoms with Crippen molar-refractivity contribution in [2.75, 3.05) is 26.2 Å². The molecule has 3 heterocycles. The van der Waals surface area contributed by atoms with E-state index in [4.69, 9.17) is 5.11 Å². The van der Waals surface area contributed by atoms with Crippen LogP contribution in [-0.2, 0) is 0 Å². The summed E-state index contributed by atoms with van der Waals surface area (Å²) in [7, 11) is 0. The van der Waals surface area contributed by atoms with Gasteiger partial charge in [0.1, 0.15) is 5.83 Å². The van der Waals surface area contributed by atoms with Crippen LogP contribution in [0.3, 0.4) is 0 Å². The molecule has 0 atom stereocenters. The molecule has 4 heteroatoms. The molecule has 3 aliphatic rings. The second-order valence-electron chi connectivity index (χ2n) is 3.64. The monoisotopic (exact) mass is 185 g/mol. The Kier molecular flexibility index (Phi) is 3.51. The molecule has 0 amide bonds. The Morgan fingerprint density at radius 2 is 2.08 bits per heavy atom. The molecule has 0 aromatic carbocycles. The SMILES string of the molecule is B.OCC(F)=C1CN2CCC1CC2. The minimum Gasteiger partial charge on any atom is -0.389 e. The van der Waals surface area contributed by atoms with Crippen LogP contribution in [0.15, 0.2) is 11.4 Å². The van der Waals surface area contributed by atoms with Crippen LogP contribution in [0.2, 0.25) is 0 Å². The van der Waals surface area contributed by atoms with E-state index >= 15 is 0 Å². The molecule has 2 bridgehead atoms. The number of hydrogen-bond acceptors (Lipinski definition) is 2. The van der Waals surface area contributed by atoms with E-state index in [1.165, 1.54) is 0 Å². The fourth-order valence-corrected chi connectivity index (χ4v) is 2.22. The zero-order valence-corrected chi connectivity index (χ0v) is 7.09. The van der Waals surface area contributed by atoms with E-state index in [9.17, 15) is 4.39 Å². The fraction of sp³-hybridized carbons (Fsp3) is 0.778. The molecule has 0 saturated carbocycles. The summed E-state index contributed by atoms with van der Waals surface area (Å²) < 4.78 is 13.1. The summed E-state index contributed by atoms with van der Waals surface area (Å²) in [5.41, 5.74) is 0.856. The third-order valence-corrected chi connectivity index (χ3v) is 2.96. The molecule has 0 radical (unpaired) electrons. The number of hydrogen-bond donors (Lipinski definition) is 1. The van der Waals surface area contributed by atoms with Crippen molar-refractivity contribution >= 4 is 8.41 Å². The Balaban J connectivity index is 0.000000845. The lowest BCUT2D eigenvalue weighted by molar-refractivity contribution is 0.153. The number of aliphatic hydroxyl groups is 1. The largest absolute Gasteiger partial charge is 0.389 e. The van der Waals surface area contributed by atoms with E-state index in [0.717, 1.165) is 38.0 Å². The molecule has 0 aliphatic carbocycles. The molecule has 13 heavy (non-hydrogen) atoms. The number of halogens is 1. The third kappa shape index (κ3) is 1.94. The van der Waals surface area contributed by atoms with Gasteiger partial charge in [0.15, 0.2) is 0 Å². The van der Waals surface area contributed by atoms with Crippen molar-refractivity contribution < 1.29 is 9.50 Å². The lowest BCUT2D eigenvalue weighted by atomic mass is 9.83. The maximum absolute atomic E-state index is 13.1. The zero-order valence-electron chi connectivity index (χ0n) is 7.09. The van der Waals surface area contributed by atoms with Gasteiger partial charge in [-0.25, -0.2) is 4.39 Å². The quantitative estimate of drug-likeness (QED) is 0.569. The van der Waals surface area contributed by atoms with Gasteiger partial charge in [-0.05, 0) is 37.4 Å². The Morgan fingerprint density at radius 3 is 2.46 bits per heavy atom. The lowest BCUT2D eigenvalue weighted by Gasteiger charge is -2.41. The highest BCUT2D eigenvalue weighted by Crippen LogP contribution is 2.33. The number of aliphatic hydroxyl groups excluding tert-OH is 1. The Bertz CT molecular complexity index is 212. The van der Waals surface area contributed by atoms with Crippen LogP contribution >= 0.6 is 0 Å². The predicted octanol–water partition coefficient (Wildman–Crippen LogP) is -0.256.